The number of alkyl carbamates (subject to hydrolysis) is 1. The molecule has 0 bridgehead atoms. The fraction of sp³-hybridized carbons (Fsp3) is 0.571. The highest BCUT2D eigenvalue weighted by Crippen LogP contribution is 2.44. The molecule has 1 fully saturated rings. The van der Waals surface area contributed by atoms with Crippen LogP contribution in [-0.4, -0.2) is 113 Å². The zero-order valence-electron chi connectivity index (χ0n) is 40.1. The third kappa shape index (κ3) is 17.3. The zero-order valence-corrected chi connectivity index (χ0v) is 40.1. The van der Waals surface area contributed by atoms with Gasteiger partial charge in [0, 0.05) is 25.3 Å². The molecule has 0 unspecified atom stereocenters. The normalized spacial score (nSPS) is 21.5. The van der Waals surface area contributed by atoms with Gasteiger partial charge in [-0.05, 0) is 102 Å². The standard InChI is InChI=1S/C49H68N6O13/c1-8-9-20-34-42(59)53-37(46(63)64)21-14-15-26-50-39(56)24-22-36(55-47(65)66-28-33-31-18-12-10-16-29(31)30-17-11-13-19-32(30)33)44(61)54-38(27-41(58)68-49(5,6)7)45(62)52-35(43(60)51-34)23-25-40(57)67-48(2,3)4/h10-13,16-19,33-38H,8-9,14-15,20-28H2,1-7H3,(H,50,56)(H,51,60)(H,52,62)(H,53,59)(H,54,61)(H,55,65)(H,63,64)/t34-,35-,36-,37-,38-/m0/s1. The summed E-state index contributed by atoms with van der Waals surface area (Å²) in [6.45, 7) is 11.6. The van der Waals surface area contributed by atoms with Crippen molar-refractivity contribution in [1.82, 2.24) is 31.9 Å². The zero-order chi connectivity index (χ0) is 50.2. The Hall–Kier alpha value is -6.53. The van der Waals surface area contributed by atoms with Gasteiger partial charge in [0.1, 0.15) is 48.0 Å². The highest BCUT2D eigenvalue weighted by atomic mass is 16.6. The Bertz CT molecular complexity index is 2100. The molecule has 7 N–H and O–H groups in total. The number of hydrogen-bond donors (Lipinski definition) is 7. The summed E-state index contributed by atoms with van der Waals surface area (Å²) in [6.07, 6.45) is -1.38. The molecular formula is C49H68N6O13. The lowest BCUT2D eigenvalue weighted by Crippen LogP contribution is -2.59. The number of fused-ring (bicyclic) bond motifs is 3. The number of carbonyl (C=O) groups excluding carboxylic acids is 8. The molecule has 19 heteroatoms. The lowest BCUT2D eigenvalue weighted by Gasteiger charge is -2.27. The molecule has 4 rings (SSSR count). The minimum absolute atomic E-state index is 0.00863. The molecule has 19 nitrogen and oxygen atoms in total. The summed E-state index contributed by atoms with van der Waals surface area (Å²) < 4.78 is 16.6. The van der Waals surface area contributed by atoms with Crippen molar-refractivity contribution in [3.05, 3.63) is 59.7 Å². The number of esters is 2. The Kier molecular flexibility index (Phi) is 19.9. The van der Waals surface area contributed by atoms with Gasteiger partial charge in [-0.2, -0.15) is 0 Å². The average Bonchev–Trinajstić information content (AvgIpc) is 3.57. The van der Waals surface area contributed by atoms with Crippen molar-refractivity contribution in [2.24, 2.45) is 0 Å². The molecule has 1 aliphatic carbocycles. The first-order chi connectivity index (χ1) is 32.0. The van der Waals surface area contributed by atoms with Crippen LogP contribution in [0.3, 0.4) is 0 Å². The third-order valence-electron chi connectivity index (χ3n) is 11.1. The maximum absolute atomic E-state index is 14.3. The van der Waals surface area contributed by atoms with Gasteiger partial charge in [-0.1, -0.05) is 68.3 Å². The monoisotopic (exact) mass is 948 g/mol. The van der Waals surface area contributed by atoms with E-state index >= 15 is 0 Å². The Labute approximate surface area is 397 Å². The summed E-state index contributed by atoms with van der Waals surface area (Å²) in [5.41, 5.74) is 1.97. The van der Waals surface area contributed by atoms with E-state index in [0.717, 1.165) is 22.3 Å². The van der Waals surface area contributed by atoms with Gasteiger partial charge in [0.2, 0.25) is 29.5 Å². The van der Waals surface area contributed by atoms with E-state index in [4.69, 9.17) is 14.2 Å². The number of carboxylic acid groups (broad SMARTS) is 1. The van der Waals surface area contributed by atoms with Crippen molar-refractivity contribution in [3.63, 3.8) is 0 Å². The molecule has 6 amide bonds. The average molecular weight is 949 g/mol. The number of aliphatic carboxylic acids is 1. The van der Waals surface area contributed by atoms with Gasteiger partial charge < -0.3 is 51.2 Å². The number of benzene rings is 2. The number of ether oxygens (including phenoxy) is 3. The van der Waals surface area contributed by atoms with Crippen LogP contribution in [0.2, 0.25) is 0 Å². The predicted molar refractivity (Wildman–Crippen MR) is 249 cm³/mol. The fourth-order valence-corrected chi connectivity index (χ4v) is 7.82. The minimum Gasteiger partial charge on any atom is -0.480 e. The maximum Gasteiger partial charge on any atom is 0.407 e. The molecule has 1 saturated heterocycles. The van der Waals surface area contributed by atoms with Gasteiger partial charge in [-0.3, -0.25) is 33.6 Å². The Morgan fingerprint density at radius 2 is 1.24 bits per heavy atom. The summed E-state index contributed by atoms with van der Waals surface area (Å²) >= 11 is 0. The molecule has 0 radical (unpaired) electrons. The van der Waals surface area contributed by atoms with Gasteiger partial charge >= 0.3 is 24.0 Å². The molecule has 372 valence electrons. The van der Waals surface area contributed by atoms with E-state index < -0.39 is 101 Å². The lowest BCUT2D eigenvalue weighted by atomic mass is 9.98. The van der Waals surface area contributed by atoms with E-state index in [9.17, 15) is 48.3 Å². The largest absolute Gasteiger partial charge is 0.480 e. The highest BCUT2D eigenvalue weighted by molar-refractivity contribution is 5.97. The van der Waals surface area contributed by atoms with Crippen LogP contribution in [0.15, 0.2) is 48.5 Å². The topological polar surface area (TPSA) is 274 Å². The van der Waals surface area contributed by atoms with Crippen molar-refractivity contribution >= 4 is 53.5 Å². The smallest absolute Gasteiger partial charge is 0.407 e. The van der Waals surface area contributed by atoms with E-state index in [0.29, 0.717) is 19.3 Å². The van der Waals surface area contributed by atoms with E-state index in [2.05, 4.69) is 31.9 Å². The highest BCUT2D eigenvalue weighted by Gasteiger charge is 2.36. The molecule has 2 aromatic carbocycles. The van der Waals surface area contributed by atoms with Crippen LogP contribution in [0.5, 0.6) is 0 Å². The van der Waals surface area contributed by atoms with Crippen LogP contribution in [0, 0.1) is 0 Å². The molecule has 2 aliphatic rings. The maximum atomic E-state index is 14.3. The molecule has 68 heavy (non-hydrogen) atoms. The molecule has 5 atom stereocenters. The summed E-state index contributed by atoms with van der Waals surface area (Å²) in [4.78, 5) is 122. The van der Waals surface area contributed by atoms with Crippen molar-refractivity contribution in [2.45, 2.75) is 166 Å². The first kappa shape index (κ1) is 54.1. The van der Waals surface area contributed by atoms with Gasteiger partial charge in [-0.15, -0.1) is 0 Å². The van der Waals surface area contributed by atoms with Crippen molar-refractivity contribution in [2.75, 3.05) is 13.2 Å². The minimum atomic E-state index is -1.75. The van der Waals surface area contributed by atoms with Crippen molar-refractivity contribution < 1.29 is 62.5 Å². The van der Waals surface area contributed by atoms with E-state index in [1.807, 2.05) is 55.5 Å². The molecule has 0 aromatic heterocycles. The molecule has 0 saturated carbocycles. The molecule has 1 heterocycles. The number of carboxylic acids is 1. The van der Waals surface area contributed by atoms with Gasteiger partial charge in [0.05, 0.1) is 6.42 Å². The number of nitrogens with one attached hydrogen (secondary N) is 6. The predicted octanol–water partition coefficient (Wildman–Crippen LogP) is 4.04. The number of hydrogen-bond acceptors (Lipinski definition) is 12. The fourth-order valence-electron chi connectivity index (χ4n) is 7.82. The summed E-state index contributed by atoms with van der Waals surface area (Å²) in [5.74, 6) is -7.53. The van der Waals surface area contributed by atoms with Crippen LogP contribution in [-0.2, 0) is 52.6 Å². The Morgan fingerprint density at radius 3 is 1.82 bits per heavy atom. The molecular weight excluding hydrogens is 881 g/mol. The summed E-state index contributed by atoms with van der Waals surface area (Å²) in [5, 5.41) is 25.4. The first-order valence-electron chi connectivity index (χ1n) is 23.3. The quantitative estimate of drug-likeness (QED) is 0.117. The van der Waals surface area contributed by atoms with Gasteiger partial charge in [0.15, 0.2) is 0 Å². The Morgan fingerprint density at radius 1 is 0.691 bits per heavy atom. The van der Waals surface area contributed by atoms with Crippen molar-refractivity contribution in [1.29, 1.82) is 0 Å². The van der Waals surface area contributed by atoms with E-state index in [1.54, 1.807) is 41.5 Å². The second kappa shape index (κ2) is 25.0. The van der Waals surface area contributed by atoms with E-state index in [1.165, 1.54) is 0 Å². The van der Waals surface area contributed by atoms with Gasteiger partial charge in [-0.25, -0.2) is 9.59 Å². The summed E-state index contributed by atoms with van der Waals surface area (Å²) in [7, 11) is 0. The van der Waals surface area contributed by atoms with Gasteiger partial charge in [0.25, 0.3) is 0 Å². The lowest BCUT2D eigenvalue weighted by molar-refractivity contribution is -0.157. The molecule has 0 spiro atoms. The number of amides is 6. The number of rotatable bonds is 12. The van der Waals surface area contributed by atoms with Crippen LogP contribution in [0.1, 0.15) is 136 Å². The van der Waals surface area contributed by atoms with Crippen LogP contribution in [0.25, 0.3) is 11.1 Å². The second-order valence-corrected chi connectivity index (χ2v) is 19.0. The van der Waals surface area contributed by atoms with Crippen molar-refractivity contribution in [3.8, 4) is 11.1 Å². The third-order valence-corrected chi connectivity index (χ3v) is 11.1. The molecule has 2 aromatic rings. The number of unbranched alkanes of at least 4 members (excludes halogenated alkanes) is 1. The second-order valence-electron chi connectivity index (χ2n) is 19.0. The van der Waals surface area contributed by atoms with E-state index in [-0.39, 0.29) is 64.0 Å². The van der Waals surface area contributed by atoms with Crippen LogP contribution < -0.4 is 31.9 Å². The SMILES string of the molecule is CCCC[C@@H]1NC(=O)[C@H](CCC(=O)OC(C)(C)C)NC(=O)[C@H](CC(=O)OC(C)(C)C)NC(=O)[C@@H](NC(=O)OCC2c3ccccc3-c3ccccc32)CCC(=O)NCCCC[C@@H](C(=O)O)NC1=O. The summed E-state index contributed by atoms with van der Waals surface area (Å²) in [6, 6.07) is 8.01. The first-order valence-corrected chi connectivity index (χ1v) is 23.3. The Balaban J connectivity index is 1.67. The van der Waals surface area contributed by atoms with Crippen LogP contribution >= 0.6 is 0 Å². The van der Waals surface area contributed by atoms with Crippen LogP contribution in [0.4, 0.5) is 4.79 Å². The molecule has 1 aliphatic heterocycles. The number of carbonyl (C=O) groups is 9.